The predicted octanol–water partition coefficient (Wildman–Crippen LogP) is 1.83. The van der Waals surface area contributed by atoms with E-state index in [2.05, 4.69) is 41.0 Å². The molecule has 2 atom stereocenters. The highest BCUT2D eigenvalue weighted by Crippen LogP contribution is 2.31. The Labute approximate surface area is 134 Å². The summed E-state index contributed by atoms with van der Waals surface area (Å²) in [5, 5.41) is 6.86. The third kappa shape index (κ3) is 4.95. The minimum Gasteiger partial charge on any atom is -0.357 e. The molecule has 2 fully saturated rings. The lowest BCUT2D eigenvalue weighted by Crippen LogP contribution is -2.46. The van der Waals surface area contributed by atoms with Crippen LogP contribution in [0.15, 0.2) is 17.6 Å². The predicted molar refractivity (Wildman–Crippen MR) is 92.3 cm³/mol. The molecule has 0 aromatic heterocycles. The highest BCUT2D eigenvalue weighted by Gasteiger charge is 2.38. The molecule has 4 nitrogen and oxygen atoms in total. The first-order valence-corrected chi connectivity index (χ1v) is 7.14. The van der Waals surface area contributed by atoms with E-state index in [0.717, 1.165) is 25.1 Å². The Bertz CT molecular complexity index is 315. The van der Waals surface area contributed by atoms with E-state index in [1.165, 1.54) is 19.4 Å². The van der Waals surface area contributed by atoms with Gasteiger partial charge in [-0.2, -0.15) is 0 Å². The normalized spacial score (nSPS) is 27.8. The Morgan fingerprint density at radius 2 is 2.16 bits per heavy atom. The topological polar surface area (TPSA) is 39.7 Å². The first-order chi connectivity index (χ1) is 8.74. The average molecular weight is 378 g/mol. The van der Waals surface area contributed by atoms with Gasteiger partial charge in [-0.15, -0.1) is 30.6 Å². The monoisotopic (exact) mass is 378 g/mol. The summed E-state index contributed by atoms with van der Waals surface area (Å²) in [6.45, 7) is 12.1. The lowest BCUT2D eigenvalue weighted by Gasteiger charge is -2.20. The van der Waals surface area contributed by atoms with E-state index >= 15 is 0 Å². The van der Waals surface area contributed by atoms with Gasteiger partial charge in [0.2, 0.25) is 0 Å². The lowest BCUT2D eigenvalue weighted by molar-refractivity contribution is 0.315. The number of guanidine groups is 1. The van der Waals surface area contributed by atoms with Gasteiger partial charge in [-0.1, -0.05) is 13.0 Å². The molecule has 19 heavy (non-hydrogen) atoms. The van der Waals surface area contributed by atoms with Crippen molar-refractivity contribution in [2.24, 2.45) is 10.9 Å². The van der Waals surface area contributed by atoms with Gasteiger partial charge in [0.05, 0.1) is 6.54 Å². The Kier molecular flexibility index (Phi) is 7.13. The summed E-state index contributed by atoms with van der Waals surface area (Å²) in [5.41, 5.74) is 0. The molecule has 0 amide bonds. The molecule has 0 aromatic rings. The number of hydrogen-bond acceptors (Lipinski definition) is 2. The third-order valence-electron chi connectivity index (χ3n) is 3.75. The van der Waals surface area contributed by atoms with Crippen LogP contribution in [0.5, 0.6) is 0 Å². The van der Waals surface area contributed by atoms with Crippen LogP contribution in [0, 0.1) is 5.92 Å². The van der Waals surface area contributed by atoms with E-state index in [1.54, 1.807) is 0 Å². The minimum atomic E-state index is 0. The van der Waals surface area contributed by atoms with E-state index in [9.17, 15) is 0 Å². The zero-order valence-electron chi connectivity index (χ0n) is 12.1. The molecule has 1 aliphatic carbocycles. The van der Waals surface area contributed by atoms with Crippen LogP contribution in [0.25, 0.3) is 0 Å². The second-order valence-corrected chi connectivity index (χ2v) is 5.42. The lowest BCUT2D eigenvalue weighted by atomic mass is 10.1. The van der Waals surface area contributed by atoms with Crippen molar-refractivity contribution >= 4 is 29.9 Å². The van der Waals surface area contributed by atoms with Crippen LogP contribution in [0.1, 0.15) is 26.7 Å². The summed E-state index contributed by atoms with van der Waals surface area (Å²) in [6, 6.07) is 1.39. The van der Waals surface area contributed by atoms with E-state index in [1.807, 2.05) is 6.08 Å². The van der Waals surface area contributed by atoms with Crippen molar-refractivity contribution in [1.82, 2.24) is 15.5 Å². The smallest absolute Gasteiger partial charge is 0.191 e. The first kappa shape index (κ1) is 16.8. The van der Waals surface area contributed by atoms with Crippen LogP contribution in [0.3, 0.4) is 0 Å². The first-order valence-electron chi connectivity index (χ1n) is 7.14. The van der Waals surface area contributed by atoms with Gasteiger partial charge in [-0.25, -0.2) is 4.99 Å². The van der Waals surface area contributed by atoms with E-state index in [0.29, 0.717) is 18.5 Å². The molecule has 0 aromatic carbocycles. The molecule has 1 saturated heterocycles. The number of halogens is 1. The quantitative estimate of drug-likeness (QED) is 0.332. The molecule has 1 heterocycles. The molecular formula is C14H27IN4. The molecule has 2 N–H and O–H groups in total. The second kappa shape index (κ2) is 8.09. The molecule has 0 spiro atoms. The molecule has 2 unspecified atom stereocenters. The maximum absolute atomic E-state index is 4.47. The summed E-state index contributed by atoms with van der Waals surface area (Å²) in [5.74, 6) is 1.62. The number of rotatable bonds is 5. The highest BCUT2D eigenvalue weighted by atomic mass is 127. The molecular weight excluding hydrogens is 351 g/mol. The van der Waals surface area contributed by atoms with Crippen LogP contribution < -0.4 is 10.6 Å². The molecule has 5 heteroatoms. The fraction of sp³-hybridized carbons (Fsp3) is 0.786. The van der Waals surface area contributed by atoms with Gasteiger partial charge < -0.3 is 10.6 Å². The highest BCUT2D eigenvalue weighted by molar-refractivity contribution is 14.0. The molecule has 2 rings (SSSR count). The molecule has 1 aliphatic heterocycles. The van der Waals surface area contributed by atoms with Crippen LogP contribution in [-0.2, 0) is 0 Å². The number of hydrogen-bond donors (Lipinski definition) is 2. The molecule has 0 bridgehead atoms. The van der Waals surface area contributed by atoms with Gasteiger partial charge in [0.25, 0.3) is 0 Å². The largest absolute Gasteiger partial charge is 0.357 e. The van der Waals surface area contributed by atoms with Crippen molar-refractivity contribution in [3.05, 3.63) is 12.7 Å². The van der Waals surface area contributed by atoms with Crippen LogP contribution in [0.2, 0.25) is 0 Å². The van der Waals surface area contributed by atoms with Gasteiger partial charge in [0.1, 0.15) is 0 Å². The van der Waals surface area contributed by atoms with E-state index < -0.39 is 0 Å². The van der Waals surface area contributed by atoms with Gasteiger partial charge in [-0.3, -0.25) is 4.90 Å². The summed E-state index contributed by atoms with van der Waals surface area (Å²) in [4.78, 5) is 7.10. The SMILES string of the molecule is C=CCN=C(NCC)NC1CN(C2CC2)CC1C.I. The van der Waals surface area contributed by atoms with Crippen molar-refractivity contribution in [3.8, 4) is 0 Å². The fourth-order valence-electron chi connectivity index (χ4n) is 2.58. The maximum atomic E-state index is 4.47. The summed E-state index contributed by atoms with van der Waals surface area (Å²) in [6.07, 6.45) is 4.61. The van der Waals surface area contributed by atoms with Crippen LogP contribution in [0.4, 0.5) is 0 Å². The van der Waals surface area contributed by atoms with Gasteiger partial charge in [0, 0.05) is 31.7 Å². The molecule has 110 valence electrons. The maximum Gasteiger partial charge on any atom is 0.191 e. The van der Waals surface area contributed by atoms with Gasteiger partial charge in [0.15, 0.2) is 5.96 Å². The number of nitrogens with one attached hydrogen (secondary N) is 2. The number of likely N-dealkylation sites (tertiary alicyclic amines) is 1. The third-order valence-corrected chi connectivity index (χ3v) is 3.75. The molecule has 1 saturated carbocycles. The molecule has 2 aliphatic rings. The van der Waals surface area contributed by atoms with Crippen molar-refractivity contribution in [3.63, 3.8) is 0 Å². The fourth-order valence-corrected chi connectivity index (χ4v) is 2.58. The Morgan fingerprint density at radius 3 is 2.74 bits per heavy atom. The number of nitrogens with zero attached hydrogens (tertiary/aromatic N) is 2. The summed E-state index contributed by atoms with van der Waals surface area (Å²) in [7, 11) is 0. The molecule has 0 radical (unpaired) electrons. The Balaban J connectivity index is 0.00000180. The van der Waals surface area contributed by atoms with Crippen molar-refractivity contribution < 1.29 is 0 Å². The number of aliphatic imine (C=N–C) groups is 1. The zero-order chi connectivity index (χ0) is 13.0. The average Bonchev–Trinajstić information content (AvgIpc) is 3.13. The summed E-state index contributed by atoms with van der Waals surface area (Å²) < 4.78 is 0. The van der Waals surface area contributed by atoms with E-state index in [4.69, 9.17) is 0 Å². The van der Waals surface area contributed by atoms with Crippen LogP contribution >= 0.6 is 24.0 Å². The van der Waals surface area contributed by atoms with Crippen molar-refractivity contribution in [2.75, 3.05) is 26.2 Å². The Hall–Kier alpha value is -0.300. The zero-order valence-corrected chi connectivity index (χ0v) is 14.4. The van der Waals surface area contributed by atoms with Gasteiger partial charge >= 0.3 is 0 Å². The summed E-state index contributed by atoms with van der Waals surface area (Å²) >= 11 is 0. The Morgan fingerprint density at radius 1 is 1.42 bits per heavy atom. The second-order valence-electron chi connectivity index (χ2n) is 5.42. The minimum absolute atomic E-state index is 0. The standard InChI is InChI=1S/C14H26N4.HI/c1-4-8-16-14(15-5-2)17-13-10-18(9-11(13)3)12-6-7-12;/h4,11-13H,1,5-10H2,2-3H3,(H2,15,16,17);1H. The van der Waals surface area contributed by atoms with Gasteiger partial charge in [-0.05, 0) is 25.7 Å². The van der Waals surface area contributed by atoms with Crippen LogP contribution in [-0.4, -0.2) is 49.1 Å². The van der Waals surface area contributed by atoms with Crippen molar-refractivity contribution in [1.29, 1.82) is 0 Å². The van der Waals surface area contributed by atoms with E-state index in [-0.39, 0.29) is 24.0 Å². The van der Waals surface area contributed by atoms with Crippen molar-refractivity contribution in [2.45, 2.75) is 38.8 Å².